The van der Waals surface area contributed by atoms with Gasteiger partial charge in [-0.05, 0) is 35.4 Å². The molecular weight excluding hydrogens is 276 g/mol. The third kappa shape index (κ3) is 2.73. The Balaban J connectivity index is 2.53. The molecule has 0 fully saturated rings. The Bertz CT molecular complexity index is 677. The zero-order chi connectivity index (χ0) is 14.5. The summed E-state index contributed by atoms with van der Waals surface area (Å²) in [5, 5.41) is 21.9. The van der Waals surface area contributed by atoms with E-state index < -0.39 is 0 Å². The van der Waals surface area contributed by atoms with Crippen molar-refractivity contribution in [2.75, 3.05) is 7.11 Å². The monoisotopic (exact) mass is 286 g/mol. The highest BCUT2D eigenvalue weighted by molar-refractivity contribution is 6.30. The molecule has 5 heteroatoms. The summed E-state index contributed by atoms with van der Waals surface area (Å²) in [4.78, 5) is 0. The molecule has 0 amide bonds. The van der Waals surface area contributed by atoms with Crippen LogP contribution in [-0.4, -0.2) is 18.0 Å². The zero-order valence-electron chi connectivity index (χ0n) is 10.7. The van der Waals surface area contributed by atoms with Crippen LogP contribution < -0.4 is 0 Å². The summed E-state index contributed by atoms with van der Waals surface area (Å²) < 4.78 is 5.13. The standard InChI is InChI=1S/C15H11ClN2O2/c1-20-15-8-11(4-7-14(15)18-19)13(9-17)10-2-5-12(16)6-3-10/h2-8,19H,1H3/b13-11-,18-14-. The van der Waals surface area contributed by atoms with Crippen molar-refractivity contribution in [1.82, 2.24) is 0 Å². The second-order valence-electron chi connectivity index (χ2n) is 3.98. The van der Waals surface area contributed by atoms with Crippen LogP contribution in [0.4, 0.5) is 0 Å². The van der Waals surface area contributed by atoms with Crippen molar-refractivity contribution in [2.24, 2.45) is 5.16 Å². The Labute approximate surface area is 121 Å². The Hall–Kier alpha value is -2.51. The summed E-state index contributed by atoms with van der Waals surface area (Å²) in [6.45, 7) is 0. The van der Waals surface area contributed by atoms with Gasteiger partial charge in [0, 0.05) is 5.02 Å². The molecule has 0 aromatic heterocycles. The predicted molar refractivity (Wildman–Crippen MR) is 77.4 cm³/mol. The minimum atomic E-state index is 0.310. The molecule has 2 rings (SSSR count). The van der Waals surface area contributed by atoms with Gasteiger partial charge in [-0.25, -0.2) is 0 Å². The number of hydrogen-bond donors (Lipinski definition) is 1. The lowest BCUT2D eigenvalue weighted by Crippen LogP contribution is -2.06. The van der Waals surface area contributed by atoms with E-state index in [4.69, 9.17) is 21.5 Å². The lowest BCUT2D eigenvalue weighted by molar-refractivity contribution is 0.295. The maximum atomic E-state index is 9.36. The first-order valence-corrected chi connectivity index (χ1v) is 6.14. The fourth-order valence-corrected chi connectivity index (χ4v) is 1.95. The van der Waals surface area contributed by atoms with Gasteiger partial charge in [-0.3, -0.25) is 0 Å². The quantitative estimate of drug-likeness (QED) is 0.514. The van der Waals surface area contributed by atoms with E-state index >= 15 is 0 Å². The van der Waals surface area contributed by atoms with Crippen LogP contribution in [0.5, 0.6) is 0 Å². The second kappa shape index (κ2) is 6.09. The van der Waals surface area contributed by atoms with Crippen LogP contribution in [-0.2, 0) is 4.74 Å². The van der Waals surface area contributed by atoms with Crippen molar-refractivity contribution < 1.29 is 9.94 Å². The predicted octanol–water partition coefficient (Wildman–Crippen LogP) is 3.55. The van der Waals surface area contributed by atoms with Gasteiger partial charge in [0.1, 0.15) is 17.5 Å². The van der Waals surface area contributed by atoms with Gasteiger partial charge in [-0.1, -0.05) is 35.0 Å². The first-order chi connectivity index (χ1) is 9.69. The number of nitriles is 1. The molecule has 4 nitrogen and oxygen atoms in total. The van der Waals surface area contributed by atoms with Crippen LogP contribution in [0.2, 0.25) is 5.02 Å². The van der Waals surface area contributed by atoms with Crippen LogP contribution in [0.1, 0.15) is 5.56 Å². The number of rotatable bonds is 2. The molecule has 0 radical (unpaired) electrons. The molecule has 1 aliphatic rings. The molecule has 0 aliphatic heterocycles. The highest BCUT2D eigenvalue weighted by Gasteiger charge is 2.14. The van der Waals surface area contributed by atoms with Crippen LogP contribution >= 0.6 is 11.6 Å². The lowest BCUT2D eigenvalue weighted by Gasteiger charge is -2.11. The van der Waals surface area contributed by atoms with Gasteiger partial charge in [-0.15, -0.1) is 0 Å². The average molecular weight is 287 g/mol. The molecule has 0 spiro atoms. The molecule has 100 valence electrons. The second-order valence-corrected chi connectivity index (χ2v) is 4.42. The Morgan fingerprint density at radius 1 is 1.30 bits per heavy atom. The molecular formula is C15H11ClN2O2. The van der Waals surface area contributed by atoms with E-state index in [0.717, 1.165) is 5.56 Å². The fraction of sp³-hybridized carbons (Fsp3) is 0.0667. The van der Waals surface area contributed by atoms with Crippen molar-refractivity contribution in [3.05, 3.63) is 64.4 Å². The smallest absolute Gasteiger partial charge is 0.148 e. The van der Waals surface area contributed by atoms with Crippen molar-refractivity contribution in [2.45, 2.75) is 0 Å². The van der Waals surface area contributed by atoms with Crippen LogP contribution in [0, 0.1) is 11.3 Å². The molecule has 0 saturated carbocycles. The van der Waals surface area contributed by atoms with Crippen LogP contribution in [0.25, 0.3) is 5.57 Å². The number of ether oxygens (including phenoxy) is 1. The molecule has 0 unspecified atom stereocenters. The highest BCUT2D eigenvalue weighted by atomic mass is 35.5. The van der Waals surface area contributed by atoms with E-state index in [0.29, 0.717) is 27.6 Å². The Morgan fingerprint density at radius 2 is 2.00 bits per heavy atom. The number of halogens is 1. The third-order valence-electron chi connectivity index (χ3n) is 2.82. The van der Waals surface area contributed by atoms with Crippen molar-refractivity contribution in [3.63, 3.8) is 0 Å². The van der Waals surface area contributed by atoms with Gasteiger partial charge >= 0.3 is 0 Å². The van der Waals surface area contributed by atoms with Gasteiger partial charge in [0.15, 0.2) is 0 Å². The number of hydrogen-bond acceptors (Lipinski definition) is 4. The number of benzene rings is 1. The van der Waals surface area contributed by atoms with E-state index in [2.05, 4.69) is 11.2 Å². The number of methoxy groups -OCH3 is 1. The first-order valence-electron chi connectivity index (χ1n) is 5.76. The number of oxime groups is 1. The van der Waals surface area contributed by atoms with E-state index in [9.17, 15) is 5.26 Å². The van der Waals surface area contributed by atoms with Gasteiger partial charge in [0.25, 0.3) is 0 Å². The molecule has 1 aromatic rings. The Kier molecular flexibility index (Phi) is 4.24. The molecule has 0 atom stereocenters. The largest absolute Gasteiger partial charge is 0.494 e. The van der Waals surface area contributed by atoms with Crippen LogP contribution in [0.15, 0.2) is 59.0 Å². The fourth-order valence-electron chi connectivity index (χ4n) is 1.83. The first kappa shape index (κ1) is 13.9. The van der Waals surface area contributed by atoms with Gasteiger partial charge in [0.05, 0.1) is 12.7 Å². The summed E-state index contributed by atoms with van der Waals surface area (Å²) in [7, 11) is 1.47. The third-order valence-corrected chi connectivity index (χ3v) is 3.07. The minimum absolute atomic E-state index is 0.310. The van der Waals surface area contributed by atoms with Crippen LogP contribution in [0.3, 0.4) is 0 Å². The highest BCUT2D eigenvalue weighted by Crippen LogP contribution is 2.25. The minimum Gasteiger partial charge on any atom is -0.494 e. The normalized spacial score (nSPS) is 18.4. The summed E-state index contributed by atoms with van der Waals surface area (Å²) in [6.07, 6.45) is 4.94. The van der Waals surface area contributed by atoms with Crippen molar-refractivity contribution in [1.29, 1.82) is 5.26 Å². The number of allylic oxidation sites excluding steroid dienone is 5. The van der Waals surface area contributed by atoms with Gasteiger partial charge < -0.3 is 9.94 Å². The van der Waals surface area contributed by atoms with E-state index in [1.165, 1.54) is 7.11 Å². The molecule has 0 saturated heterocycles. The zero-order valence-corrected chi connectivity index (χ0v) is 11.4. The molecule has 1 N–H and O–H groups in total. The molecule has 1 aliphatic carbocycles. The van der Waals surface area contributed by atoms with Gasteiger partial charge in [0.2, 0.25) is 0 Å². The SMILES string of the molecule is COC1=CC(=C(/C#N)c2ccc(Cl)cc2)/C=CC/1=N/O. The Morgan fingerprint density at radius 3 is 2.55 bits per heavy atom. The molecule has 20 heavy (non-hydrogen) atoms. The lowest BCUT2D eigenvalue weighted by atomic mass is 9.96. The molecule has 0 bridgehead atoms. The van der Waals surface area contributed by atoms with E-state index in [1.54, 1.807) is 42.5 Å². The molecule has 1 aromatic carbocycles. The van der Waals surface area contributed by atoms with Crippen molar-refractivity contribution >= 4 is 22.9 Å². The van der Waals surface area contributed by atoms with E-state index in [1.807, 2.05) is 0 Å². The summed E-state index contributed by atoms with van der Waals surface area (Å²) in [5.74, 6) is 0.395. The van der Waals surface area contributed by atoms with Gasteiger partial charge in [-0.2, -0.15) is 5.26 Å². The maximum Gasteiger partial charge on any atom is 0.148 e. The topological polar surface area (TPSA) is 65.6 Å². The summed E-state index contributed by atoms with van der Waals surface area (Å²) in [6, 6.07) is 9.17. The average Bonchev–Trinajstić information content (AvgIpc) is 2.49. The summed E-state index contributed by atoms with van der Waals surface area (Å²) >= 11 is 5.84. The maximum absolute atomic E-state index is 9.36. The summed E-state index contributed by atoms with van der Waals surface area (Å²) in [5.41, 5.74) is 2.24. The van der Waals surface area contributed by atoms with E-state index in [-0.39, 0.29) is 0 Å². The number of nitrogens with zero attached hydrogens (tertiary/aromatic N) is 2. The van der Waals surface area contributed by atoms with Crippen molar-refractivity contribution in [3.8, 4) is 6.07 Å². The molecule has 0 heterocycles.